The molecule has 5 rings (SSSR count). The molecule has 2 aliphatic carbocycles. The Balaban J connectivity index is 1.66. The lowest BCUT2D eigenvalue weighted by Crippen LogP contribution is -2.56. The number of nitrogens with zero attached hydrogens (tertiary/aromatic N) is 2. The molecule has 1 unspecified atom stereocenters. The van der Waals surface area contributed by atoms with Gasteiger partial charge in [-0.15, -0.1) is 0 Å². The number of rotatable bonds is 7. The van der Waals surface area contributed by atoms with E-state index < -0.39 is 63.3 Å². The van der Waals surface area contributed by atoms with Crippen molar-refractivity contribution in [2.24, 2.45) is 16.7 Å². The number of hydrogen-bond acceptors (Lipinski definition) is 6. The molecule has 0 radical (unpaired) electrons. The zero-order valence-corrected chi connectivity index (χ0v) is 25.9. The molecule has 2 bridgehead atoms. The topological polar surface area (TPSA) is 93.0 Å². The SMILES string of the molecule is CCOC(=O)N1CC1(C(=O)O[C@@H]1[C@H](N(c2cc(C)cc(C)c2)S(=O)(=O)c2ccccc2)[C@H]2CC[C@]1(C)C2(C)C)C(F)(F)F. The second kappa shape index (κ2) is 10.1. The molecule has 1 heterocycles. The molecule has 1 amide bonds. The van der Waals surface area contributed by atoms with Gasteiger partial charge in [0.2, 0.25) is 0 Å². The minimum atomic E-state index is -5.14. The Morgan fingerprint density at radius 1 is 1.05 bits per heavy atom. The van der Waals surface area contributed by atoms with Gasteiger partial charge in [0, 0.05) is 5.41 Å². The van der Waals surface area contributed by atoms with Crippen LogP contribution in [-0.2, 0) is 24.3 Å². The highest BCUT2D eigenvalue weighted by Gasteiger charge is 2.80. The first kappa shape index (κ1) is 31.2. The van der Waals surface area contributed by atoms with Crippen LogP contribution in [0, 0.1) is 30.6 Å². The highest BCUT2D eigenvalue weighted by atomic mass is 32.2. The summed E-state index contributed by atoms with van der Waals surface area (Å²) >= 11 is 0. The van der Waals surface area contributed by atoms with Crippen LogP contribution < -0.4 is 4.31 Å². The third kappa shape index (κ3) is 4.58. The average Bonchev–Trinajstić information content (AvgIpc) is 3.61. The lowest BCUT2D eigenvalue weighted by atomic mass is 9.70. The van der Waals surface area contributed by atoms with Crippen LogP contribution in [0.3, 0.4) is 0 Å². The molecule has 8 nitrogen and oxygen atoms in total. The standard InChI is InChI=1S/C31H37F3N2O6S/c1-7-41-27(38)35-18-30(35,31(32,33)34)26(37)42-25-24(23-13-14-29(25,6)28(23,4)5)36(21-16-19(2)15-20(3)17-21)43(39,40)22-11-9-8-10-12-22/h8-12,15-17,23-25H,7,13-14,18H2,1-6H3/t23-,24-,25-,29+,30?,35?/m1/s1. The van der Waals surface area contributed by atoms with Gasteiger partial charge in [-0.25, -0.2) is 18.0 Å². The summed E-state index contributed by atoms with van der Waals surface area (Å²) in [5.74, 6) is -1.98. The van der Waals surface area contributed by atoms with Gasteiger partial charge in [-0.2, -0.15) is 13.2 Å². The zero-order valence-electron chi connectivity index (χ0n) is 25.1. The lowest BCUT2D eigenvalue weighted by molar-refractivity contribution is -0.201. The van der Waals surface area contributed by atoms with Gasteiger partial charge in [-0.1, -0.05) is 45.0 Å². The Hall–Kier alpha value is -3.28. The van der Waals surface area contributed by atoms with Crippen molar-refractivity contribution in [2.45, 2.75) is 83.1 Å². The number of carbonyl (C=O) groups is 2. The number of carbonyl (C=O) groups excluding carboxylic acids is 2. The smallest absolute Gasteiger partial charge is 0.424 e. The van der Waals surface area contributed by atoms with E-state index in [2.05, 4.69) is 0 Å². The number of halogens is 3. The fourth-order valence-corrected chi connectivity index (χ4v) is 9.05. The Labute approximate surface area is 250 Å². The normalized spacial score (nSPS) is 29.3. The van der Waals surface area contributed by atoms with Gasteiger partial charge in [0.05, 0.1) is 29.8 Å². The number of anilines is 1. The molecule has 43 heavy (non-hydrogen) atoms. The molecule has 5 atom stereocenters. The molecule has 0 spiro atoms. The highest BCUT2D eigenvalue weighted by molar-refractivity contribution is 7.92. The average molecular weight is 623 g/mol. The third-order valence-corrected chi connectivity index (χ3v) is 11.9. The summed E-state index contributed by atoms with van der Waals surface area (Å²) in [6, 6.07) is 12.1. The Bertz CT molecular complexity index is 1530. The fraction of sp³-hybridized carbons (Fsp3) is 0.548. The molecule has 3 fully saturated rings. The molecule has 2 aromatic carbocycles. The van der Waals surface area contributed by atoms with E-state index in [1.165, 1.54) is 23.4 Å². The zero-order chi connectivity index (χ0) is 31.8. The first-order valence-corrected chi connectivity index (χ1v) is 15.8. The highest BCUT2D eigenvalue weighted by Crippen LogP contribution is 2.68. The predicted molar refractivity (Wildman–Crippen MR) is 153 cm³/mol. The Morgan fingerprint density at radius 3 is 2.21 bits per heavy atom. The number of amides is 1. The minimum Gasteiger partial charge on any atom is -0.457 e. The fourth-order valence-electron chi connectivity index (χ4n) is 7.36. The van der Waals surface area contributed by atoms with Crippen LogP contribution in [0.1, 0.15) is 51.7 Å². The Kier molecular flexibility index (Phi) is 7.34. The van der Waals surface area contributed by atoms with Crippen molar-refractivity contribution in [3.8, 4) is 0 Å². The lowest BCUT2D eigenvalue weighted by Gasteiger charge is -2.43. The summed E-state index contributed by atoms with van der Waals surface area (Å²) < 4.78 is 84.3. The Morgan fingerprint density at radius 2 is 1.65 bits per heavy atom. The molecule has 0 aromatic heterocycles. The van der Waals surface area contributed by atoms with E-state index in [-0.39, 0.29) is 17.4 Å². The van der Waals surface area contributed by atoms with Crippen LogP contribution in [0.5, 0.6) is 0 Å². The molecule has 2 aromatic rings. The van der Waals surface area contributed by atoms with Gasteiger partial charge in [0.25, 0.3) is 15.6 Å². The number of hydrogen-bond donors (Lipinski definition) is 0. The van der Waals surface area contributed by atoms with Gasteiger partial charge in [0.15, 0.2) is 0 Å². The van der Waals surface area contributed by atoms with Crippen molar-refractivity contribution < 1.29 is 40.7 Å². The van der Waals surface area contributed by atoms with Gasteiger partial charge in [-0.3, -0.25) is 9.21 Å². The van der Waals surface area contributed by atoms with Crippen LogP contribution in [0.2, 0.25) is 0 Å². The second-order valence-corrected chi connectivity index (χ2v) is 14.5. The third-order valence-electron chi connectivity index (χ3n) is 10.0. The van der Waals surface area contributed by atoms with E-state index in [4.69, 9.17) is 9.47 Å². The van der Waals surface area contributed by atoms with Gasteiger partial charge in [-0.05, 0) is 80.3 Å². The van der Waals surface area contributed by atoms with Crippen LogP contribution >= 0.6 is 0 Å². The van der Waals surface area contributed by atoms with Crippen molar-refractivity contribution >= 4 is 27.8 Å². The van der Waals surface area contributed by atoms with E-state index in [9.17, 15) is 31.2 Å². The maximum absolute atomic E-state index is 14.5. The van der Waals surface area contributed by atoms with Gasteiger partial charge >= 0.3 is 18.2 Å². The number of ether oxygens (including phenoxy) is 2. The van der Waals surface area contributed by atoms with Crippen molar-refractivity contribution in [3.05, 3.63) is 59.7 Å². The van der Waals surface area contributed by atoms with Crippen molar-refractivity contribution in [1.82, 2.24) is 4.90 Å². The summed E-state index contributed by atoms with van der Waals surface area (Å²) in [7, 11) is -4.28. The van der Waals surface area contributed by atoms with E-state index in [1.807, 2.05) is 40.7 Å². The van der Waals surface area contributed by atoms with Crippen molar-refractivity contribution in [1.29, 1.82) is 0 Å². The maximum atomic E-state index is 14.5. The van der Waals surface area contributed by atoms with Crippen molar-refractivity contribution in [3.63, 3.8) is 0 Å². The molecule has 1 aliphatic heterocycles. The van der Waals surface area contributed by atoms with Crippen molar-refractivity contribution in [2.75, 3.05) is 17.5 Å². The minimum absolute atomic E-state index is 0.00686. The summed E-state index contributed by atoms with van der Waals surface area (Å²) in [6.07, 6.45) is -6.53. The summed E-state index contributed by atoms with van der Waals surface area (Å²) in [5, 5.41) is 0. The van der Waals surface area contributed by atoms with E-state index >= 15 is 0 Å². The van der Waals surface area contributed by atoms with Crippen LogP contribution in [-0.4, -0.2) is 62.4 Å². The number of benzene rings is 2. The predicted octanol–water partition coefficient (Wildman–Crippen LogP) is 6.01. The second-order valence-electron chi connectivity index (χ2n) is 12.7. The van der Waals surface area contributed by atoms with Gasteiger partial charge < -0.3 is 9.47 Å². The number of esters is 1. The molecule has 3 aliphatic rings. The van der Waals surface area contributed by atoms with Crippen LogP contribution in [0.25, 0.3) is 0 Å². The molecule has 0 N–H and O–H groups in total. The first-order valence-electron chi connectivity index (χ1n) is 14.3. The number of alkyl halides is 3. The largest absolute Gasteiger partial charge is 0.457 e. The van der Waals surface area contributed by atoms with Gasteiger partial charge in [0.1, 0.15) is 6.10 Å². The van der Waals surface area contributed by atoms with E-state index in [0.717, 1.165) is 11.1 Å². The molecule has 1 saturated heterocycles. The number of sulfonamides is 1. The monoisotopic (exact) mass is 622 g/mol. The maximum Gasteiger partial charge on any atom is 0.424 e. The van der Waals surface area contributed by atoms with E-state index in [1.54, 1.807) is 30.3 Å². The number of fused-ring (bicyclic) bond motifs is 2. The van der Waals surface area contributed by atoms with Crippen LogP contribution in [0.4, 0.5) is 23.7 Å². The molecule has 234 valence electrons. The molecular weight excluding hydrogens is 585 g/mol. The molecule has 2 saturated carbocycles. The number of aryl methyl sites for hydroxylation is 2. The quantitative estimate of drug-likeness (QED) is 0.278. The summed E-state index contributed by atoms with van der Waals surface area (Å²) in [4.78, 5) is 26.3. The molecule has 12 heteroatoms. The molecular formula is C31H37F3N2O6S. The van der Waals surface area contributed by atoms with E-state index in [0.29, 0.717) is 23.4 Å². The first-order chi connectivity index (χ1) is 19.9. The summed E-state index contributed by atoms with van der Waals surface area (Å²) in [6.45, 7) is 9.75. The summed E-state index contributed by atoms with van der Waals surface area (Å²) in [5.41, 5.74) is -2.74. The van der Waals surface area contributed by atoms with Crippen LogP contribution in [0.15, 0.2) is 53.4 Å².